The van der Waals surface area contributed by atoms with Gasteiger partial charge in [-0.05, 0) is 79.9 Å². The summed E-state index contributed by atoms with van der Waals surface area (Å²) in [6, 6.07) is 3.89. The average molecular weight is 608 g/mol. The Morgan fingerprint density at radius 2 is 1.95 bits per heavy atom. The van der Waals surface area contributed by atoms with Gasteiger partial charge in [0.1, 0.15) is 0 Å². The van der Waals surface area contributed by atoms with E-state index in [1.165, 1.54) is 0 Å². The second kappa shape index (κ2) is 7.11. The predicted octanol–water partition coefficient (Wildman–Crippen LogP) is 2.39. The number of hydrogen-bond donors (Lipinski definition) is 1. The van der Waals surface area contributed by atoms with Crippen molar-refractivity contribution in [3.05, 3.63) is 28.4 Å². The van der Waals surface area contributed by atoms with Crippen LogP contribution in [-0.4, -0.2) is 24.7 Å². The molecule has 106 valence electrons. The quantitative estimate of drug-likeness (QED) is 0.243. The van der Waals surface area contributed by atoms with E-state index in [-0.39, 0.29) is 5.97 Å². The van der Waals surface area contributed by atoms with Crippen LogP contribution in [0.3, 0.4) is 0 Å². The third-order valence-corrected chi connectivity index (χ3v) is 6.94. The Kier molecular flexibility index (Phi) is 5.96. The van der Waals surface area contributed by atoms with Crippen molar-refractivity contribution >= 4 is 73.7 Å². The van der Waals surface area contributed by atoms with Crippen LogP contribution >= 0.6 is 67.8 Å². The molecule has 2 N–H and O–H groups in total. The zero-order chi connectivity index (χ0) is 14.8. The first kappa shape index (κ1) is 16.8. The van der Waals surface area contributed by atoms with E-state index in [0.717, 1.165) is 23.8 Å². The lowest BCUT2D eigenvalue weighted by Crippen LogP contribution is -2.87. The van der Waals surface area contributed by atoms with Crippen LogP contribution in [0.5, 0.6) is 0 Å². The van der Waals surface area contributed by atoms with Crippen molar-refractivity contribution in [2.24, 2.45) is 0 Å². The number of quaternary nitrogens is 1. The molecule has 1 aliphatic rings. The number of hydrogen-bond acceptors (Lipinski definition) is 2. The number of piperidine rings is 1. The molecule has 1 heterocycles. The lowest BCUT2D eigenvalue weighted by atomic mass is 9.93. The van der Waals surface area contributed by atoms with Crippen molar-refractivity contribution in [2.75, 3.05) is 13.1 Å². The van der Waals surface area contributed by atoms with E-state index < -0.39 is 5.60 Å². The smallest absolute Gasteiger partial charge is 0.340 e. The fraction of sp³-hybridized carbons (Fsp3) is 0.357. The number of benzene rings is 1. The van der Waals surface area contributed by atoms with Crippen molar-refractivity contribution in [3.8, 4) is 12.3 Å². The molecule has 0 radical (unpaired) electrons. The Hall–Kier alpha value is 0.400. The van der Waals surface area contributed by atoms with Gasteiger partial charge >= 0.3 is 5.97 Å². The van der Waals surface area contributed by atoms with E-state index in [1.54, 1.807) is 0 Å². The van der Waals surface area contributed by atoms with E-state index in [4.69, 9.17) is 11.2 Å². The van der Waals surface area contributed by atoms with Crippen molar-refractivity contribution < 1.29 is 14.8 Å². The molecule has 0 saturated carbocycles. The van der Waals surface area contributed by atoms with Gasteiger partial charge in [-0.3, -0.25) is 0 Å². The predicted molar refractivity (Wildman–Crippen MR) is 102 cm³/mol. The molecule has 0 spiro atoms. The van der Waals surface area contributed by atoms with Crippen molar-refractivity contribution in [1.29, 1.82) is 0 Å². The minimum Gasteiger partial charge on any atom is -0.442 e. The van der Waals surface area contributed by atoms with Gasteiger partial charge in [0.15, 0.2) is 5.60 Å². The maximum atomic E-state index is 12.5. The van der Waals surface area contributed by atoms with Gasteiger partial charge in [0.25, 0.3) is 0 Å². The van der Waals surface area contributed by atoms with Crippen LogP contribution in [0.15, 0.2) is 12.1 Å². The number of ether oxygens (including phenoxy) is 1. The van der Waals surface area contributed by atoms with Gasteiger partial charge in [0, 0.05) is 23.6 Å². The summed E-state index contributed by atoms with van der Waals surface area (Å²) in [6.45, 7) is 1.80. The van der Waals surface area contributed by atoms with Crippen LogP contribution in [0.4, 0.5) is 0 Å². The average Bonchev–Trinajstić information content (AvgIpc) is 2.43. The molecule has 0 aliphatic carbocycles. The minimum atomic E-state index is -0.734. The van der Waals surface area contributed by atoms with Crippen molar-refractivity contribution in [3.63, 3.8) is 0 Å². The van der Waals surface area contributed by atoms with E-state index in [0.29, 0.717) is 18.4 Å². The van der Waals surface area contributed by atoms with E-state index in [1.807, 2.05) is 12.1 Å². The van der Waals surface area contributed by atoms with Gasteiger partial charge in [0.05, 0.1) is 18.7 Å². The molecule has 2 rings (SSSR count). The first-order valence-electron chi connectivity index (χ1n) is 6.15. The summed E-state index contributed by atoms with van der Waals surface area (Å²) >= 11 is 6.61. The first-order valence-corrected chi connectivity index (χ1v) is 9.38. The van der Waals surface area contributed by atoms with Crippen LogP contribution in [0.2, 0.25) is 0 Å². The van der Waals surface area contributed by atoms with Gasteiger partial charge < -0.3 is 10.1 Å². The highest BCUT2D eigenvalue weighted by atomic mass is 127. The van der Waals surface area contributed by atoms with Gasteiger partial charge in [-0.25, -0.2) is 4.79 Å². The number of rotatable bonds is 2. The number of terminal acetylenes is 1. The summed E-state index contributed by atoms with van der Waals surface area (Å²) < 4.78 is 8.69. The monoisotopic (exact) mass is 608 g/mol. The number of nitrogens with two attached hydrogens (primary N) is 1. The van der Waals surface area contributed by atoms with Crippen molar-refractivity contribution in [2.45, 2.75) is 18.4 Å². The maximum Gasteiger partial charge on any atom is 0.340 e. The van der Waals surface area contributed by atoms with Crippen LogP contribution in [0.25, 0.3) is 0 Å². The maximum absolute atomic E-state index is 12.5. The molecular formula is C14H13I3NO2+. The highest BCUT2D eigenvalue weighted by Gasteiger charge is 2.36. The van der Waals surface area contributed by atoms with Crippen LogP contribution in [0, 0.1) is 23.1 Å². The van der Waals surface area contributed by atoms with Crippen molar-refractivity contribution in [1.82, 2.24) is 0 Å². The highest BCUT2D eigenvalue weighted by molar-refractivity contribution is 14.1. The molecule has 1 aromatic carbocycles. The zero-order valence-electron chi connectivity index (χ0n) is 10.6. The highest BCUT2D eigenvalue weighted by Crippen LogP contribution is 2.27. The molecule has 0 amide bonds. The first-order chi connectivity index (χ1) is 9.47. The fourth-order valence-electron chi connectivity index (χ4n) is 2.15. The Bertz CT molecular complexity index is 575. The summed E-state index contributed by atoms with van der Waals surface area (Å²) in [4.78, 5) is 12.5. The molecule has 0 aromatic heterocycles. The van der Waals surface area contributed by atoms with Crippen LogP contribution in [-0.2, 0) is 4.74 Å². The number of halogens is 3. The Balaban J connectivity index is 2.26. The van der Waals surface area contributed by atoms with E-state index in [2.05, 4.69) is 79.0 Å². The zero-order valence-corrected chi connectivity index (χ0v) is 17.1. The summed E-state index contributed by atoms with van der Waals surface area (Å²) in [5.41, 5.74) is -0.132. The fourth-order valence-corrected chi connectivity index (χ4v) is 4.53. The third-order valence-electron chi connectivity index (χ3n) is 3.27. The molecule has 6 heteroatoms. The van der Waals surface area contributed by atoms with Crippen LogP contribution in [0.1, 0.15) is 23.2 Å². The van der Waals surface area contributed by atoms with Gasteiger partial charge in [0.2, 0.25) is 0 Å². The standard InChI is InChI=1S/C14H12I3NO2/c1-2-14(3-5-18-6-4-14)20-13(19)10-7-9(15)8-11(16)12(10)17/h1,7-8,18H,3-6H2/p+1. The van der Waals surface area contributed by atoms with Gasteiger partial charge in [-0.15, -0.1) is 6.42 Å². The Labute approximate surface area is 159 Å². The lowest BCUT2D eigenvalue weighted by Gasteiger charge is -2.30. The molecule has 0 atom stereocenters. The minimum absolute atomic E-state index is 0.314. The van der Waals surface area contributed by atoms with E-state index >= 15 is 0 Å². The van der Waals surface area contributed by atoms with Gasteiger partial charge in [-0.1, -0.05) is 5.92 Å². The largest absolute Gasteiger partial charge is 0.442 e. The molecule has 1 fully saturated rings. The number of esters is 1. The molecule has 1 aliphatic heterocycles. The SMILES string of the molecule is C#CC1(OC(=O)c2cc(I)cc(I)c2I)CC[NH2+]CC1. The second-order valence-corrected chi connectivity index (χ2v) is 8.13. The summed E-state index contributed by atoms with van der Waals surface area (Å²) in [5, 5.41) is 2.20. The number of carbonyl (C=O) groups is 1. The molecule has 0 unspecified atom stereocenters. The van der Waals surface area contributed by atoms with Crippen LogP contribution < -0.4 is 5.32 Å². The normalized spacial score (nSPS) is 17.3. The number of carbonyl (C=O) groups excluding carboxylic acids is 1. The Morgan fingerprint density at radius 3 is 2.55 bits per heavy atom. The van der Waals surface area contributed by atoms with Gasteiger partial charge in [-0.2, -0.15) is 0 Å². The Morgan fingerprint density at radius 1 is 1.30 bits per heavy atom. The summed E-state index contributed by atoms with van der Waals surface area (Å²) in [5.74, 6) is 2.38. The van der Waals surface area contributed by atoms with E-state index in [9.17, 15) is 4.79 Å². The summed E-state index contributed by atoms with van der Waals surface area (Å²) in [6.07, 6.45) is 7.05. The molecule has 0 bridgehead atoms. The molecule has 20 heavy (non-hydrogen) atoms. The second-order valence-electron chi connectivity index (χ2n) is 4.64. The molecule has 3 nitrogen and oxygen atoms in total. The topological polar surface area (TPSA) is 42.9 Å². The molecular weight excluding hydrogens is 595 g/mol. The third kappa shape index (κ3) is 3.78. The summed E-state index contributed by atoms with van der Waals surface area (Å²) in [7, 11) is 0. The molecule has 1 saturated heterocycles. The molecule has 1 aromatic rings. The lowest BCUT2D eigenvalue weighted by molar-refractivity contribution is -0.666.